The van der Waals surface area contributed by atoms with Crippen molar-refractivity contribution in [1.29, 1.82) is 0 Å². The Morgan fingerprint density at radius 2 is 1.71 bits per heavy atom. The fourth-order valence-corrected chi connectivity index (χ4v) is 1.91. The van der Waals surface area contributed by atoms with Crippen molar-refractivity contribution in [2.75, 3.05) is 0 Å². The standard InChI is InChI=1S/C16H14FNO3/c1-10-8-12(16(20)21)2-3-13(10)9-18-15(19)11-4-6-14(17)7-5-11/h2-8H,9H2,1H3,(H,18,19)(H,20,21). The summed E-state index contributed by atoms with van der Waals surface area (Å²) in [5.74, 6) is -1.69. The summed E-state index contributed by atoms with van der Waals surface area (Å²) in [7, 11) is 0. The van der Waals surface area contributed by atoms with Crippen LogP contribution < -0.4 is 5.32 Å². The first-order valence-corrected chi connectivity index (χ1v) is 6.34. The Labute approximate surface area is 121 Å². The molecular formula is C16H14FNO3. The van der Waals surface area contributed by atoms with Gasteiger partial charge < -0.3 is 10.4 Å². The molecule has 1 amide bonds. The minimum atomic E-state index is -0.986. The number of aryl methyl sites for hydroxylation is 1. The van der Waals surface area contributed by atoms with Gasteiger partial charge >= 0.3 is 5.97 Å². The molecule has 2 aromatic carbocycles. The smallest absolute Gasteiger partial charge is 0.335 e. The molecule has 0 aliphatic rings. The first-order chi connectivity index (χ1) is 9.97. The number of hydrogen-bond donors (Lipinski definition) is 2. The number of halogens is 1. The van der Waals surface area contributed by atoms with Crippen LogP contribution in [0.5, 0.6) is 0 Å². The zero-order valence-electron chi connectivity index (χ0n) is 11.4. The van der Waals surface area contributed by atoms with E-state index in [9.17, 15) is 14.0 Å². The number of nitrogens with one attached hydrogen (secondary N) is 1. The number of carboxylic acid groups (broad SMARTS) is 1. The summed E-state index contributed by atoms with van der Waals surface area (Å²) in [4.78, 5) is 22.7. The van der Waals surface area contributed by atoms with Gasteiger partial charge in [-0.1, -0.05) is 6.07 Å². The Bertz CT molecular complexity index is 680. The lowest BCUT2D eigenvalue weighted by atomic mass is 10.0. The molecule has 2 N–H and O–H groups in total. The molecule has 0 atom stereocenters. The van der Waals surface area contributed by atoms with Crippen molar-refractivity contribution in [2.24, 2.45) is 0 Å². The average Bonchev–Trinajstić information content (AvgIpc) is 2.46. The molecule has 0 bridgehead atoms. The van der Waals surface area contributed by atoms with Gasteiger partial charge in [0.05, 0.1) is 5.56 Å². The van der Waals surface area contributed by atoms with E-state index in [0.717, 1.165) is 11.1 Å². The number of amides is 1. The zero-order valence-corrected chi connectivity index (χ0v) is 11.4. The van der Waals surface area contributed by atoms with Gasteiger partial charge in [-0.3, -0.25) is 4.79 Å². The van der Waals surface area contributed by atoms with Crippen LogP contribution in [0.1, 0.15) is 31.8 Å². The molecule has 0 aliphatic heterocycles. The van der Waals surface area contributed by atoms with Gasteiger partial charge in [0.2, 0.25) is 0 Å². The highest BCUT2D eigenvalue weighted by atomic mass is 19.1. The monoisotopic (exact) mass is 287 g/mol. The van der Waals surface area contributed by atoms with E-state index < -0.39 is 11.8 Å². The van der Waals surface area contributed by atoms with Crippen molar-refractivity contribution < 1.29 is 19.1 Å². The summed E-state index contributed by atoms with van der Waals surface area (Å²) >= 11 is 0. The number of hydrogen-bond acceptors (Lipinski definition) is 2. The third kappa shape index (κ3) is 3.66. The predicted octanol–water partition coefficient (Wildman–Crippen LogP) is 2.76. The average molecular weight is 287 g/mol. The van der Waals surface area contributed by atoms with Gasteiger partial charge in [0.25, 0.3) is 5.91 Å². The molecule has 0 radical (unpaired) electrons. The molecule has 0 fully saturated rings. The summed E-state index contributed by atoms with van der Waals surface area (Å²) in [5.41, 5.74) is 2.20. The fraction of sp³-hybridized carbons (Fsp3) is 0.125. The molecule has 0 saturated carbocycles. The number of benzene rings is 2. The lowest BCUT2D eigenvalue weighted by Gasteiger charge is -2.09. The van der Waals surface area contributed by atoms with Crippen molar-refractivity contribution in [3.05, 3.63) is 70.5 Å². The molecule has 108 valence electrons. The Kier molecular flexibility index (Phi) is 4.33. The van der Waals surface area contributed by atoms with Gasteiger partial charge in [0.15, 0.2) is 0 Å². The Morgan fingerprint density at radius 1 is 1.10 bits per heavy atom. The SMILES string of the molecule is Cc1cc(C(=O)O)ccc1CNC(=O)c1ccc(F)cc1. The number of carboxylic acids is 1. The van der Waals surface area contributed by atoms with Crippen molar-refractivity contribution in [3.8, 4) is 0 Å². The van der Waals surface area contributed by atoms with E-state index in [1.54, 1.807) is 19.1 Å². The lowest BCUT2D eigenvalue weighted by Crippen LogP contribution is -2.23. The summed E-state index contributed by atoms with van der Waals surface area (Å²) in [6.07, 6.45) is 0. The van der Waals surface area contributed by atoms with Gasteiger partial charge in [-0.2, -0.15) is 0 Å². The minimum Gasteiger partial charge on any atom is -0.478 e. The van der Waals surface area contributed by atoms with E-state index in [-0.39, 0.29) is 18.0 Å². The van der Waals surface area contributed by atoms with E-state index in [1.165, 1.54) is 30.3 Å². The highest BCUT2D eigenvalue weighted by Crippen LogP contribution is 2.11. The molecule has 0 heterocycles. The molecule has 2 aromatic rings. The fourth-order valence-electron chi connectivity index (χ4n) is 1.91. The van der Waals surface area contributed by atoms with Crippen LogP contribution in [0.3, 0.4) is 0 Å². The summed E-state index contributed by atoms with van der Waals surface area (Å²) < 4.78 is 12.8. The van der Waals surface area contributed by atoms with E-state index in [2.05, 4.69) is 5.32 Å². The Hall–Kier alpha value is -2.69. The molecule has 5 heteroatoms. The van der Waals surface area contributed by atoms with Crippen LogP contribution in [0, 0.1) is 12.7 Å². The number of rotatable bonds is 4. The highest BCUT2D eigenvalue weighted by Gasteiger charge is 2.08. The second-order valence-electron chi connectivity index (χ2n) is 4.64. The number of carbonyl (C=O) groups is 2. The Balaban J connectivity index is 2.04. The minimum absolute atomic E-state index is 0.209. The van der Waals surface area contributed by atoms with Gasteiger partial charge in [-0.25, -0.2) is 9.18 Å². The van der Waals surface area contributed by atoms with Crippen LogP contribution in [-0.4, -0.2) is 17.0 Å². The zero-order chi connectivity index (χ0) is 15.4. The molecule has 2 rings (SSSR count). The lowest BCUT2D eigenvalue weighted by molar-refractivity contribution is 0.0696. The van der Waals surface area contributed by atoms with Gasteiger partial charge in [0.1, 0.15) is 5.82 Å². The topological polar surface area (TPSA) is 66.4 Å². The molecule has 0 saturated heterocycles. The molecule has 0 spiro atoms. The molecule has 0 aliphatic carbocycles. The first kappa shape index (κ1) is 14.7. The third-order valence-corrected chi connectivity index (χ3v) is 3.14. The maximum atomic E-state index is 12.8. The first-order valence-electron chi connectivity index (χ1n) is 6.34. The van der Waals surface area contributed by atoms with Crippen molar-refractivity contribution in [1.82, 2.24) is 5.32 Å². The van der Waals surface area contributed by atoms with Gasteiger partial charge in [0, 0.05) is 12.1 Å². The summed E-state index contributed by atoms with van der Waals surface area (Å²) in [6.45, 7) is 2.06. The largest absolute Gasteiger partial charge is 0.478 e. The van der Waals surface area contributed by atoms with E-state index in [0.29, 0.717) is 5.56 Å². The van der Waals surface area contributed by atoms with Crippen LogP contribution in [0.2, 0.25) is 0 Å². The van der Waals surface area contributed by atoms with E-state index in [1.807, 2.05) is 0 Å². The van der Waals surface area contributed by atoms with E-state index in [4.69, 9.17) is 5.11 Å². The van der Waals surface area contributed by atoms with Crippen molar-refractivity contribution >= 4 is 11.9 Å². The van der Waals surface area contributed by atoms with Gasteiger partial charge in [-0.05, 0) is 54.4 Å². The van der Waals surface area contributed by atoms with E-state index >= 15 is 0 Å². The Morgan fingerprint density at radius 3 is 2.29 bits per heavy atom. The van der Waals surface area contributed by atoms with Gasteiger partial charge in [-0.15, -0.1) is 0 Å². The van der Waals surface area contributed by atoms with Crippen molar-refractivity contribution in [3.63, 3.8) is 0 Å². The second kappa shape index (κ2) is 6.17. The third-order valence-electron chi connectivity index (χ3n) is 3.14. The second-order valence-corrected chi connectivity index (χ2v) is 4.64. The van der Waals surface area contributed by atoms with Crippen molar-refractivity contribution in [2.45, 2.75) is 13.5 Å². The molecule has 21 heavy (non-hydrogen) atoms. The molecule has 0 aromatic heterocycles. The quantitative estimate of drug-likeness (QED) is 0.908. The normalized spacial score (nSPS) is 10.2. The van der Waals surface area contributed by atoms with Crippen LogP contribution in [0.25, 0.3) is 0 Å². The summed E-state index contributed by atoms with van der Waals surface area (Å²) in [6, 6.07) is 9.99. The molecule has 4 nitrogen and oxygen atoms in total. The van der Waals surface area contributed by atoms with Crippen LogP contribution in [0.4, 0.5) is 4.39 Å². The predicted molar refractivity (Wildman–Crippen MR) is 75.7 cm³/mol. The maximum absolute atomic E-state index is 12.8. The molecular weight excluding hydrogens is 273 g/mol. The summed E-state index contributed by atoms with van der Waals surface area (Å²) in [5, 5.41) is 11.6. The van der Waals surface area contributed by atoms with Crippen LogP contribution in [-0.2, 0) is 6.54 Å². The van der Waals surface area contributed by atoms with Crippen LogP contribution >= 0.6 is 0 Å². The van der Waals surface area contributed by atoms with Crippen LogP contribution in [0.15, 0.2) is 42.5 Å². The highest BCUT2D eigenvalue weighted by molar-refractivity contribution is 5.94. The number of carbonyl (C=O) groups excluding carboxylic acids is 1. The molecule has 0 unspecified atom stereocenters. The maximum Gasteiger partial charge on any atom is 0.335 e. The number of aromatic carboxylic acids is 1.